The number of imide groups is 1. The van der Waals surface area contributed by atoms with E-state index in [0.717, 1.165) is 12.8 Å². The smallest absolute Gasteiger partial charge is 0.335 e. The number of amides is 3. The molecule has 2 heterocycles. The summed E-state index contributed by atoms with van der Waals surface area (Å²) in [5, 5.41) is 11.9. The predicted octanol–water partition coefficient (Wildman–Crippen LogP) is 2.72. The zero-order valence-electron chi connectivity index (χ0n) is 16.3. The largest absolute Gasteiger partial charge is 0.478 e. The van der Waals surface area contributed by atoms with Gasteiger partial charge in [-0.3, -0.25) is 19.3 Å². The minimum atomic E-state index is -1.12. The quantitative estimate of drug-likeness (QED) is 0.736. The van der Waals surface area contributed by atoms with Crippen LogP contribution in [0.4, 0.5) is 5.69 Å². The van der Waals surface area contributed by atoms with E-state index in [2.05, 4.69) is 5.32 Å². The number of rotatable bonds is 5. The van der Waals surface area contributed by atoms with Crippen molar-refractivity contribution in [3.63, 3.8) is 0 Å². The number of nitrogens with one attached hydrogen (secondary N) is 1. The fraction of sp³-hybridized carbons (Fsp3) is 0.273. The lowest BCUT2D eigenvalue weighted by Gasteiger charge is -2.17. The molecule has 2 aromatic carbocycles. The number of carboxylic acid groups (broad SMARTS) is 1. The molecule has 2 aromatic rings. The van der Waals surface area contributed by atoms with Gasteiger partial charge in [0.25, 0.3) is 17.7 Å². The summed E-state index contributed by atoms with van der Waals surface area (Å²) in [7, 11) is 0. The van der Waals surface area contributed by atoms with E-state index in [1.165, 1.54) is 35.2 Å². The van der Waals surface area contributed by atoms with Gasteiger partial charge >= 0.3 is 5.97 Å². The Morgan fingerprint density at radius 1 is 1.13 bits per heavy atom. The molecule has 8 heteroatoms. The summed E-state index contributed by atoms with van der Waals surface area (Å²) in [5.74, 6) is -2.39. The molecule has 0 saturated carbocycles. The van der Waals surface area contributed by atoms with Crippen LogP contribution in [-0.2, 0) is 4.74 Å². The lowest BCUT2D eigenvalue weighted by molar-refractivity contribution is 0.0475. The topological polar surface area (TPSA) is 113 Å². The van der Waals surface area contributed by atoms with Crippen LogP contribution >= 0.6 is 0 Å². The number of hydrogen-bond donors (Lipinski definition) is 2. The van der Waals surface area contributed by atoms with Crippen LogP contribution in [0.2, 0.25) is 0 Å². The highest BCUT2D eigenvalue weighted by atomic mass is 16.5. The van der Waals surface area contributed by atoms with Gasteiger partial charge in [0.1, 0.15) is 0 Å². The van der Waals surface area contributed by atoms with Crippen molar-refractivity contribution in [2.24, 2.45) is 0 Å². The normalized spacial score (nSPS) is 17.9. The molecule has 8 nitrogen and oxygen atoms in total. The Morgan fingerprint density at radius 2 is 1.87 bits per heavy atom. The Bertz CT molecular complexity index is 1070. The van der Waals surface area contributed by atoms with Crippen LogP contribution in [0.5, 0.6) is 0 Å². The molecule has 0 unspecified atom stereocenters. The lowest BCUT2D eigenvalue weighted by atomic mass is 10.0. The zero-order valence-corrected chi connectivity index (χ0v) is 16.3. The van der Waals surface area contributed by atoms with E-state index in [4.69, 9.17) is 4.74 Å². The second kappa shape index (κ2) is 7.72. The summed E-state index contributed by atoms with van der Waals surface area (Å²) in [6, 6.07) is 8.99. The van der Waals surface area contributed by atoms with Crippen molar-refractivity contribution in [2.75, 3.05) is 18.5 Å². The van der Waals surface area contributed by atoms with Crippen molar-refractivity contribution < 1.29 is 29.0 Å². The molecule has 2 N–H and O–H groups in total. The second-order valence-electron chi connectivity index (χ2n) is 7.35. The first-order chi connectivity index (χ1) is 14.4. The minimum absolute atomic E-state index is 0.0437. The van der Waals surface area contributed by atoms with Gasteiger partial charge < -0.3 is 15.2 Å². The van der Waals surface area contributed by atoms with Crippen molar-refractivity contribution in [3.05, 3.63) is 64.2 Å². The van der Waals surface area contributed by atoms with Crippen LogP contribution in [0, 0.1) is 6.92 Å². The van der Waals surface area contributed by atoms with Crippen LogP contribution in [0.15, 0.2) is 36.4 Å². The van der Waals surface area contributed by atoms with Crippen LogP contribution in [0.25, 0.3) is 0 Å². The molecule has 30 heavy (non-hydrogen) atoms. The monoisotopic (exact) mass is 408 g/mol. The molecule has 1 saturated heterocycles. The van der Waals surface area contributed by atoms with E-state index in [9.17, 15) is 24.3 Å². The van der Waals surface area contributed by atoms with E-state index in [-0.39, 0.29) is 35.2 Å². The van der Waals surface area contributed by atoms with Crippen LogP contribution in [0.3, 0.4) is 0 Å². The van der Waals surface area contributed by atoms with Gasteiger partial charge in [0.05, 0.1) is 29.3 Å². The predicted molar refractivity (Wildman–Crippen MR) is 107 cm³/mol. The fourth-order valence-corrected chi connectivity index (χ4v) is 3.84. The van der Waals surface area contributed by atoms with Gasteiger partial charge in [0.2, 0.25) is 0 Å². The third-order valence-electron chi connectivity index (χ3n) is 5.45. The Labute approximate surface area is 172 Å². The molecule has 1 atom stereocenters. The summed E-state index contributed by atoms with van der Waals surface area (Å²) in [6.07, 6.45) is 1.58. The highest BCUT2D eigenvalue weighted by Gasteiger charge is 2.37. The second-order valence-corrected chi connectivity index (χ2v) is 7.35. The first-order valence-corrected chi connectivity index (χ1v) is 9.63. The molecule has 2 aliphatic heterocycles. The van der Waals surface area contributed by atoms with Crippen molar-refractivity contribution in [1.29, 1.82) is 0 Å². The minimum Gasteiger partial charge on any atom is -0.478 e. The molecular formula is C22H20N2O6. The molecule has 1 fully saturated rings. The highest BCUT2D eigenvalue weighted by molar-refractivity contribution is 6.22. The molecule has 0 aromatic heterocycles. The van der Waals surface area contributed by atoms with Crippen LogP contribution in [0.1, 0.15) is 59.8 Å². The number of carboxylic acids is 1. The average Bonchev–Trinajstić information content (AvgIpc) is 3.31. The SMILES string of the molecule is Cc1c(C(=O)O)cccc1C(=O)Nc1ccc2c(c1)C(=O)N(C[C@H]1CCCO1)C2=O. The van der Waals surface area contributed by atoms with E-state index in [1.807, 2.05) is 0 Å². The summed E-state index contributed by atoms with van der Waals surface area (Å²) >= 11 is 0. The van der Waals surface area contributed by atoms with Crippen molar-refractivity contribution in [1.82, 2.24) is 4.90 Å². The molecule has 0 radical (unpaired) electrons. The first-order valence-electron chi connectivity index (χ1n) is 9.63. The highest BCUT2D eigenvalue weighted by Crippen LogP contribution is 2.28. The summed E-state index contributed by atoms with van der Waals surface area (Å²) in [5.41, 5.74) is 1.48. The molecular weight excluding hydrogens is 388 g/mol. The maximum atomic E-state index is 12.7. The number of hydrogen-bond acceptors (Lipinski definition) is 5. The molecule has 0 spiro atoms. The van der Waals surface area contributed by atoms with Gasteiger partial charge in [0, 0.05) is 17.9 Å². The maximum Gasteiger partial charge on any atom is 0.335 e. The molecule has 0 bridgehead atoms. The Kier molecular flexibility index (Phi) is 5.09. The van der Waals surface area contributed by atoms with Gasteiger partial charge in [-0.15, -0.1) is 0 Å². The van der Waals surface area contributed by atoms with Gasteiger partial charge in [-0.1, -0.05) is 6.07 Å². The first kappa shape index (κ1) is 19.8. The van der Waals surface area contributed by atoms with Crippen molar-refractivity contribution in [2.45, 2.75) is 25.9 Å². The number of nitrogens with zero attached hydrogens (tertiary/aromatic N) is 1. The summed E-state index contributed by atoms with van der Waals surface area (Å²) in [4.78, 5) is 50.5. The van der Waals surface area contributed by atoms with Gasteiger partial charge in [-0.05, 0) is 55.7 Å². The molecule has 0 aliphatic carbocycles. The fourth-order valence-electron chi connectivity index (χ4n) is 3.84. The Morgan fingerprint density at radius 3 is 2.57 bits per heavy atom. The summed E-state index contributed by atoms with van der Waals surface area (Å²) < 4.78 is 5.53. The number of benzene rings is 2. The van der Waals surface area contributed by atoms with Gasteiger partial charge in [-0.25, -0.2) is 4.79 Å². The third kappa shape index (κ3) is 3.46. The van der Waals surface area contributed by atoms with Crippen LogP contribution < -0.4 is 5.32 Å². The number of anilines is 1. The standard InChI is InChI=1S/C22H20N2O6/c1-12-15(5-2-6-16(12)22(28)29)19(25)23-13-7-8-17-18(10-13)21(27)24(20(17)26)11-14-4-3-9-30-14/h2,5-8,10,14H,3-4,9,11H2,1H3,(H,23,25)(H,28,29)/t14-/m1/s1. The number of fused-ring (bicyclic) bond motifs is 1. The average molecular weight is 408 g/mol. The number of carbonyl (C=O) groups excluding carboxylic acids is 3. The van der Waals surface area contributed by atoms with Crippen molar-refractivity contribution in [3.8, 4) is 0 Å². The lowest BCUT2D eigenvalue weighted by Crippen LogP contribution is -2.36. The zero-order chi connectivity index (χ0) is 21.4. The van der Waals surface area contributed by atoms with E-state index >= 15 is 0 Å². The molecule has 154 valence electrons. The Balaban J connectivity index is 1.55. The third-order valence-corrected chi connectivity index (χ3v) is 5.45. The molecule has 2 aliphatic rings. The molecule has 4 rings (SSSR count). The van der Waals surface area contributed by atoms with Gasteiger partial charge in [0.15, 0.2) is 0 Å². The van der Waals surface area contributed by atoms with E-state index < -0.39 is 17.8 Å². The number of ether oxygens (including phenoxy) is 1. The van der Waals surface area contributed by atoms with Crippen molar-refractivity contribution >= 4 is 29.4 Å². The Hall–Kier alpha value is -3.52. The van der Waals surface area contributed by atoms with Crippen LogP contribution in [-0.4, -0.2) is 53.0 Å². The van der Waals surface area contributed by atoms with E-state index in [1.54, 1.807) is 13.0 Å². The molecule has 3 amide bonds. The van der Waals surface area contributed by atoms with Gasteiger partial charge in [-0.2, -0.15) is 0 Å². The van der Waals surface area contributed by atoms with E-state index in [0.29, 0.717) is 23.4 Å². The summed E-state index contributed by atoms with van der Waals surface area (Å²) in [6.45, 7) is 2.41. The number of carbonyl (C=O) groups is 4. The maximum absolute atomic E-state index is 12.7. The number of aromatic carboxylic acids is 1.